The summed E-state index contributed by atoms with van der Waals surface area (Å²) in [6, 6.07) is 4.14. The summed E-state index contributed by atoms with van der Waals surface area (Å²) in [4.78, 5) is 9.93. The molecule has 1 aliphatic heterocycles. The summed E-state index contributed by atoms with van der Waals surface area (Å²) in [6.45, 7) is 0.375. The van der Waals surface area contributed by atoms with Crippen molar-refractivity contribution in [3.8, 4) is 5.75 Å². The lowest BCUT2D eigenvalue weighted by molar-refractivity contribution is 0.265. The van der Waals surface area contributed by atoms with Crippen LogP contribution >= 0.6 is 23.2 Å². The summed E-state index contributed by atoms with van der Waals surface area (Å²) in [5.41, 5.74) is 0.774. The Morgan fingerprint density at radius 2 is 2.20 bits per heavy atom. The summed E-state index contributed by atoms with van der Waals surface area (Å²) in [5, 5.41) is 0.499. The van der Waals surface area contributed by atoms with Crippen LogP contribution in [0.4, 0.5) is 10.2 Å². The average molecular weight is 314 g/mol. The molecule has 0 amide bonds. The quantitative estimate of drug-likeness (QED) is 0.755. The number of halogens is 3. The van der Waals surface area contributed by atoms with Gasteiger partial charge in [0.1, 0.15) is 12.4 Å². The predicted octanol–water partition coefficient (Wildman–Crippen LogP) is 3.49. The van der Waals surface area contributed by atoms with Crippen molar-refractivity contribution in [2.24, 2.45) is 0 Å². The normalized spacial score (nSPS) is 17.6. The Hall–Kier alpha value is -1.59. The molecule has 0 saturated carbocycles. The Morgan fingerprint density at radius 1 is 1.40 bits per heavy atom. The first kappa shape index (κ1) is 13.4. The first-order valence-electron chi connectivity index (χ1n) is 5.89. The van der Waals surface area contributed by atoms with E-state index in [1.54, 1.807) is 6.07 Å². The van der Waals surface area contributed by atoms with Crippen LogP contribution in [0.15, 0.2) is 24.4 Å². The maximum atomic E-state index is 13.1. The molecule has 1 unspecified atom stereocenters. The van der Waals surface area contributed by atoms with Crippen molar-refractivity contribution in [3.05, 3.63) is 46.1 Å². The van der Waals surface area contributed by atoms with Gasteiger partial charge in [-0.3, -0.25) is 0 Å². The van der Waals surface area contributed by atoms with E-state index >= 15 is 0 Å². The Labute approximate surface area is 125 Å². The monoisotopic (exact) mass is 313 g/mol. The molecule has 20 heavy (non-hydrogen) atoms. The number of anilines is 1. The van der Waals surface area contributed by atoms with Crippen molar-refractivity contribution < 1.29 is 9.13 Å². The van der Waals surface area contributed by atoms with Crippen molar-refractivity contribution in [2.75, 3.05) is 18.6 Å². The number of nitrogens with zero attached hydrogens (tertiary/aromatic N) is 3. The molecule has 1 aromatic heterocycles. The molecule has 3 rings (SSSR count). The van der Waals surface area contributed by atoms with Crippen LogP contribution in [0.3, 0.4) is 0 Å². The Balaban J connectivity index is 2.01. The largest absolute Gasteiger partial charge is 0.486 e. The van der Waals surface area contributed by atoms with Crippen molar-refractivity contribution in [1.29, 1.82) is 0 Å². The second-order valence-corrected chi connectivity index (χ2v) is 5.18. The minimum atomic E-state index is -0.371. The summed E-state index contributed by atoms with van der Waals surface area (Å²) < 4.78 is 18.8. The molecule has 0 radical (unpaired) electrons. The summed E-state index contributed by atoms with van der Waals surface area (Å²) in [6.07, 6.45) is 1.53. The molecule has 0 saturated heterocycles. The van der Waals surface area contributed by atoms with E-state index in [2.05, 4.69) is 9.97 Å². The molecule has 0 aliphatic carbocycles. The van der Waals surface area contributed by atoms with Crippen molar-refractivity contribution in [2.45, 2.75) is 6.04 Å². The number of benzene rings is 1. The van der Waals surface area contributed by atoms with Gasteiger partial charge < -0.3 is 9.64 Å². The topological polar surface area (TPSA) is 38.2 Å². The van der Waals surface area contributed by atoms with Gasteiger partial charge in [0.25, 0.3) is 0 Å². The number of hydrogen-bond acceptors (Lipinski definition) is 4. The lowest BCUT2D eigenvalue weighted by atomic mass is 10.1. The van der Waals surface area contributed by atoms with E-state index in [0.29, 0.717) is 23.2 Å². The smallest absolute Gasteiger partial charge is 0.224 e. The fourth-order valence-electron chi connectivity index (χ4n) is 2.19. The van der Waals surface area contributed by atoms with Gasteiger partial charge in [0.2, 0.25) is 5.28 Å². The zero-order chi connectivity index (χ0) is 14.3. The van der Waals surface area contributed by atoms with Gasteiger partial charge in [-0.2, -0.15) is 4.98 Å². The third-order valence-electron chi connectivity index (χ3n) is 3.23. The van der Waals surface area contributed by atoms with Gasteiger partial charge in [0.05, 0.1) is 12.2 Å². The molecular formula is C13H10Cl2FN3O. The Kier molecular flexibility index (Phi) is 3.40. The van der Waals surface area contributed by atoms with Gasteiger partial charge in [-0.1, -0.05) is 17.7 Å². The second kappa shape index (κ2) is 5.07. The highest BCUT2D eigenvalue weighted by Gasteiger charge is 2.29. The number of likely N-dealkylation sites (N-methyl/N-ethyl adjacent to an activating group) is 1. The fourth-order valence-corrected chi connectivity index (χ4v) is 2.62. The molecule has 7 heteroatoms. The van der Waals surface area contributed by atoms with Gasteiger partial charge in [-0.15, -0.1) is 0 Å². The van der Waals surface area contributed by atoms with E-state index in [1.165, 1.54) is 18.3 Å². The van der Waals surface area contributed by atoms with Crippen molar-refractivity contribution in [3.63, 3.8) is 0 Å². The Morgan fingerprint density at radius 3 is 2.95 bits per heavy atom. The van der Waals surface area contributed by atoms with Crippen LogP contribution in [-0.4, -0.2) is 23.6 Å². The molecule has 0 bridgehead atoms. The van der Waals surface area contributed by atoms with Crippen LogP contribution in [0.5, 0.6) is 5.75 Å². The zero-order valence-corrected chi connectivity index (χ0v) is 12.0. The highest BCUT2D eigenvalue weighted by atomic mass is 35.5. The molecular weight excluding hydrogens is 304 g/mol. The Bertz CT molecular complexity index is 668. The third kappa shape index (κ3) is 2.27. The van der Waals surface area contributed by atoms with Crippen molar-refractivity contribution >= 4 is 29.0 Å². The van der Waals surface area contributed by atoms with E-state index in [-0.39, 0.29) is 17.1 Å². The number of fused-ring (bicyclic) bond motifs is 1. The van der Waals surface area contributed by atoms with Gasteiger partial charge in [0.15, 0.2) is 11.6 Å². The first-order valence-corrected chi connectivity index (χ1v) is 6.65. The molecule has 104 valence electrons. The summed E-state index contributed by atoms with van der Waals surface area (Å²) in [7, 11) is 1.86. The van der Waals surface area contributed by atoms with Gasteiger partial charge in [-0.05, 0) is 29.3 Å². The SMILES string of the molecule is CN1c2nc(Cl)ncc2OCC1c1ccc(F)cc1Cl. The molecule has 4 nitrogen and oxygen atoms in total. The van der Waals surface area contributed by atoms with E-state index in [4.69, 9.17) is 27.9 Å². The van der Waals surface area contributed by atoms with Gasteiger partial charge in [-0.25, -0.2) is 9.37 Å². The van der Waals surface area contributed by atoms with E-state index in [9.17, 15) is 4.39 Å². The number of hydrogen-bond donors (Lipinski definition) is 0. The molecule has 0 fully saturated rings. The van der Waals surface area contributed by atoms with Crippen LogP contribution in [0, 0.1) is 5.82 Å². The highest BCUT2D eigenvalue weighted by molar-refractivity contribution is 6.31. The summed E-state index contributed by atoms with van der Waals surface area (Å²) >= 11 is 11.9. The fraction of sp³-hybridized carbons (Fsp3) is 0.231. The first-order chi connectivity index (χ1) is 9.56. The predicted molar refractivity (Wildman–Crippen MR) is 75.1 cm³/mol. The summed E-state index contributed by atoms with van der Waals surface area (Å²) in [5.74, 6) is 0.775. The average Bonchev–Trinajstić information content (AvgIpc) is 2.41. The molecule has 0 spiro atoms. The van der Waals surface area contributed by atoms with Crippen LogP contribution < -0.4 is 9.64 Å². The van der Waals surface area contributed by atoms with E-state index in [1.807, 2.05) is 11.9 Å². The molecule has 2 heterocycles. The molecule has 2 aromatic rings. The van der Waals surface area contributed by atoms with Gasteiger partial charge in [0, 0.05) is 12.1 Å². The molecule has 0 N–H and O–H groups in total. The van der Waals surface area contributed by atoms with Crippen LogP contribution in [0.1, 0.15) is 11.6 Å². The van der Waals surface area contributed by atoms with Crippen molar-refractivity contribution in [1.82, 2.24) is 9.97 Å². The second-order valence-electron chi connectivity index (χ2n) is 4.43. The third-order valence-corrected chi connectivity index (χ3v) is 3.74. The minimum absolute atomic E-state index is 0.144. The maximum absolute atomic E-state index is 13.1. The maximum Gasteiger partial charge on any atom is 0.224 e. The van der Waals surface area contributed by atoms with Gasteiger partial charge >= 0.3 is 0 Å². The van der Waals surface area contributed by atoms with Crippen LogP contribution in [0.2, 0.25) is 10.3 Å². The zero-order valence-electron chi connectivity index (χ0n) is 10.5. The van der Waals surface area contributed by atoms with Crippen LogP contribution in [0.25, 0.3) is 0 Å². The molecule has 1 atom stereocenters. The van der Waals surface area contributed by atoms with E-state index < -0.39 is 0 Å². The standard InChI is InChI=1S/C13H10Cl2FN3O/c1-19-10(8-3-2-7(16)4-9(8)14)6-20-11-5-17-13(15)18-12(11)19/h2-5,10H,6H2,1H3. The van der Waals surface area contributed by atoms with Crippen LogP contribution in [-0.2, 0) is 0 Å². The molecule has 1 aliphatic rings. The number of aromatic nitrogens is 2. The lowest BCUT2D eigenvalue weighted by Gasteiger charge is -2.35. The number of ether oxygens (including phenoxy) is 1. The highest BCUT2D eigenvalue weighted by Crippen LogP contribution is 2.38. The minimum Gasteiger partial charge on any atom is -0.486 e. The molecule has 1 aromatic carbocycles. The lowest BCUT2D eigenvalue weighted by Crippen LogP contribution is -2.34. The number of rotatable bonds is 1. The van der Waals surface area contributed by atoms with E-state index in [0.717, 1.165) is 5.56 Å².